The molecule has 0 fully saturated rings. The number of aromatic nitrogens is 2. The van der Waals surface area contributed by atoms with E-state index in [4.69, 9.17) is 14.0 Å². The van der Waals surface area contributed by atoms with Crippen LogP contribution in [0.5, 0.6) is 11.5 Å². The summed E-state index contributed by atoms with van der Waals surface area (Å²) in [4.78, 5) is 4.24. The van der Waals surface area contributed by atoms with Gasteiger partial charge in [0.1, 0.15) is 0 Å². The van der Waals surface area contributed by atoms with Crippen molar-refractivity contribution in [3.05, 3.63) is 29.9 Å². The quantitative estimate of drug-likeness (QED) is 0.669. The molecule has 9 heteroatoms. The van der Waals surface area contributed by atoms with Gasteiger partial charge >= 0.3 is 0 Å². The zero-order chi connectivity index (χ0) is 18.4. The van der Waals surface area contributed by atoms with Gasteiger partial charge in [0.25, 0.3) is 0 Å². The van der Waals surface area contributed by atoms with Gasteiger partial charge in [-0.05, 0) is 26.0 Å². The van der Waals surface area contributed by atoms with Crippen LogP contribution < -0.4 is 9.47 Å². The molecule has 138 valence electrons. The summed E-state index contributed by atoms with van der Waals surface area (Å²) in [6.45, 7) is 6.42. The van der Waals surface area contributed by atoms with Crippen molar-refractivity contribution in [3.63, 3.8) is 0 Å². The normalized spacial score (nSPS) is 11.7. The van der Waals surface area contributed by atoms with E-state index in [0.29, 0.717) is 37.0 Å². The smallest absolute Gasteiger partial charge is 0.243 e. The summed E-state index contributed by atoms with van der Waals surface area (Å²) < 4.78 is 42.7. The Bertz CT molecular complexity index is 804. The molecule has 0 N–H and O–H groups in total. The van der Waals surface area contributed by atoms with Gasteiger partial charge in [-0.3, -0.25) is 0 Å². The van der Waals surface area contributed by atoms with Crippen LogP contribution in [0.2, 0.25) is 0 Å². The summed E-state index contributed by atoms with van der Waals surface area (Å²) in [5.74, 6) is 1.69. The minimum Gasteiger partial charge on any atom is -0.490 e. The number of sulfonamides is 1. The fourth-order valence-electron chi connectivity index (χ4n) is 2.15. The first kappa shape index (κ1) is 19.2. The lowest BCUT2D eigenvalue weighted by molar-refractivity contribution is 0.287. The summed E-state index contributed by atoms with van der Waals surface area (Å²) >= 11 is 0. The lowest BCUT2D eigenvalue weighted by Crippen LogP contribution is -2.26. The van der Waals surface area contributed by atoms with Gasteiger partial charge in [0, 0.05) is 19.5 Å². The average Bonchev–Trinajstić information content (AvgIpc) is 3.04. The SMILES string of the molecule is CCOc1ccc(S(=O)(=O)N(C)Cc2nc(CC)no2)cc1OCC. The monoisotopic (exact) mass is 369 g/mol. The Kier molecular flexibility index (Phi) is 6.38. The predicted octanol–water partition coefficient (Wildman–Crippen LogP) is 2.25. The maximum absolute atomic E-state index is 12.8. The van der Waals surface area contributed by atoms with Crippen LogP contribution in [0.4, 0.5) is 0 Å². The van der Waals surface area contributed by atoms with Gasteiger partial charge in [-0.25, -0.2) is 8.42 Å². The van der Waals surface area contributed by atoms with Crippen LogP contribution in [0.25, 0.3) is 0 Å². The molecule has 25 heavy (non-hydrogen) atoms. The van der Waals surface area contributed by atoms with E-state index in [-0.39, 0.29) is 17.3 Å². The maximum atomic E-state index is 12.8. The van der Waals surface area contributed by atoms with E-state index in [1.54, 1.807) is 6.07 Å². The molecule has 0 amide bonds. The summed E-state index contributed by atoms with van der Waals surface area (Å²) in [7, 11) is -2.28. The van der Waals surface area contributed by atoms with E-state index < -0.39 is 10.0 Å². The molecular weight excluding hydrogens is 346 g/mol. The van der Waals surface area contributed by atoms with Crippen molar-refractivity contribution in [2.24, 2.45) is 0 Å². The Hall–Kier alpha value is -2.13. The number of hydrogen-bond acceptors (Lipinski definition) is 7. The minimum atomic E-state index is -3.74. The first-order valence-corrected chi connectivity index (χ1v) is 9.53. The summed E-state index contributed by atoms with van der Waals surface area (Å²) in [5, 5.41) is 3.77. The summed E-state index contributed by atoms with van der Waals surface area (Å²) in [6, 6.07) is 4.55. The minimum absolute atomic E-state index is 0.00743. The van der Waals surface area contributed by atoms with E-state index in [2.05, 4.69) is 10.1 Å². The first-order chi connectivity index (χ1) is 11.9. The Morgan fingerprint density at radius 3 is 2.40 bits per heavy atom. The topological polar surface area (TPSA) is 94.8 Å². The van der Waals surface area contributed by atoms with Crippen molar-refractivity contribution in [2.45, 2.75) is 38.6 Å². The lowest BCUT2D eigenvalue weighted by atomic mass is 10.3. The maximum Gasteiger partial charge on any atom is 0.243 e. The van der Waals surface area contributed by atoms with Crippen molar-refractivity contribution < 1.29 is 22.4 Å². The highest BCUT2D eigenvalue weighted by Gasteiger charge is 2.24. The van der Waals surface area contributed by atoms with Crippen LogP contribution in [-0.4, -0.2) is 43.1 Å². The van der Waals surface area contributed by atoms with Crippen LogP contribution in [-0.2, 0) is 23.0 Å². The van der Waals surface area contributed by atoms with Gasteiger partial charge < -0.3 is 14.0 Å². The van der Waals surface area contributed by atoms with Gasteiger partial charge in [-0.1, -0.05) is 12.1 Å². The highest BCUT2D eigenvalue weighted by atomic mass is 32.2. The van der Waals surface area contributed by atoms with Crippen LogP contribution in [0, 0.1) is 0 Å². The zero-order valence-electron chi connectivity index (χ0n) is 14.9. The molecule has 0 aliphatic carbocycles. The largest absolute Gasteiger partial charge is 0.490 e. The number of nitrogens with zero attached hydrogens (tertiary/aromatic N) is 3. The van der Waals surface area contributed by atoms with E-state index in [9.17, 15) is 8.42 Å². The highest BCUT2D eigenvalue weighted by molar-refractivity contribution is 7.89. The van der Waals surface area contributed by atoms with Crippen LogP contribution in [0.15, 0.2) is 27.6 Å². The lowest BCUT2D eigenvalue weighted by Gasteiger charge is -2.17. The molecule has 2 rings (SSSR count). The Morgan fingerprint density at radius 2 is 1.80 bits per heavy atom. The molecule has 0 bridgehead atoms. The van der Waals surface area contributed by atoms with E-state index in [0.717, 1.165) is 4.31 Å². The molecule has 0 saturated heterocycles. The van der Waals surface area contributed by atoms with Gasteiger partial charge in [0.2, 0.25) is 15.9 Å². The molecule has 1 aromatic heterocycles. The van der Waals surface area contributed by atoms with Crippen molar-refractivity contribution in [1.82, 2.24) is 14.4 Å². The third kappa shape index (κ3) is 4.49. The molecule has 0 saturated carbocycles. The van der Waals surface area contributed by atoms with Gasteiger partial charge in [0.15, 0.2) is 17.3 Å². The molecule has 1 aromatic carbocycles. The zero-order valence-corrected chi connectivity index (χ0v) is 15.7. The molecule has 0 radical (unpaired) electrons. The number of rotatable bonds is 9. The number of ether oxygens (including phenoxy) is 2. The standard InChI is InChI=1S/C16H23N3O5S/c1-5-15-17-16(24-18-15)11-19(4)25(20,21)12-8-9-13(22-6-2)14(10-12)23-7-3/h8-10H,5-7,11H2,1-4H3. The number of aryl methyl sites for hydroxylation is 1. The molecule has 0 spiro atoms. The van der Waals surface area contributed by atoms with Crippen molar-refractivity contribution in [2.75, 3.05) is 20.3 Å². The molecule has 1 heterocycles. The van der Waals surface area contributed by atoms with Gasteiger partial charge in [-0.2, -0.15) is 9.29 Å². The third-order valence-electron chi connectivity index (χ3n) is 3.41. The Balaban J connectivity index is 2.26. The fourth-order valence-corrected chi connectivity index (χ4v) is 3.28. The first-order valence-electron chi connectivity index (χ1n) is 8.09. The summed E-state index contributed by atoms with van der Waals surface area (Å²) in [6.07, 6.45) is 0.622. The van der Waals surface area contributed by atoms with Crippen molar-refractivity contribution in [3.8, 4) is 11.5 Å². The second-order valence-corrected chi connectivity index (χ2v) is 7.24. The Morgan fingerprint density at radius 1 is 1.12 bits per heavy atom. The molecule has 0 atom stereocenters. The van der Waals surface area contributed by atoms with Crippen molar-refractivity contribution in [1.29, 1.82) is 0 Å². The molecule has 8 nitrogen and oxygen atoms in total. The van der Waals surface area contributed by atoms with Crippen molar-refractivity contribution >= 4 is 10.0 Å². The number of hydrogen-bond donors (Lipinski definition) is 0. The van der Waals surface area contributed by atoms with Crippen LogP contribution in [0.1, 0.15) is 32.5 Å². The van der Waals surface area contributed by atoms with Crippen LogP contribution >= 0.6 is 0 Å². The molecule has 0 aliphatic rings. The second kappa shape index (κ2) is 8.30. The second-order valence-electron chi connectivity index (χ2n) is 5.19. The summed E-state index contributed by atoms with van der Waals surface area (Å²) in [5.41, 5.74) is 0. The molecule has 2 aromatic rings. The third-order valence-corrected chi connectivity index (χ3v) is 5.21. The molecule has 0 unspecified atom stereocenters. The van der Waals surface area contributed by atoms with E-state index in [1.807, 2.05) is 20.8 Å². The molecule has 0 aliphatic heterocycles. The fraction of sp³-hybridized carbons (Fsp3) is 0.500. The highest BCUT2D eigenvalue weighted by Crippen LogP contribution is 2.31. The molecular formula is C16H23N3O5S. The predicted molar refractivity (Wildman–Crippen MR) is 91.1 cm³/mol. The average molecular weight is 369 g/mol. The van der Waals surface area contributed by atoms with E-state index in [1.165, 1.54) is 19.2 Å². The van der Waals surface area contributed by atoms with E-state index >= 15 is 0 Å². The van der Waals surface area contributed by atoms with Crippen LogP contribution in [0.3, 0.4) is 0 Å². The number of benzene rings is 1. The Labute approximate surface area is 147 Å². The van der Waals surface area contributed by atoms with Gasteiger partial charge in [-0.15, -0.1) is 0 Å². The van der Waals surface area contributed by atoms with Gasteiger partial charge in [0.05, 0.1) is 24.7 Å².